The van der Waals surface area contributed by atoms with Crippen LogP contribution in [0.15, 0.2) is 22.8 Å². The van der Waals surface area contributed by atoms with Crippen LogP contribution in [-0.2, 0) is 11.2 Å². The van der Waals surface area contributed by atoms with Crippen molar-refractivity contribution >= 4 is 21.6 Å². The molecule has 0 spiro atoms. The zero-order valence-electron chi connectivity index (χ0n) is 9.64. The minimum absolute atomic E-state index is 0.00798. The lowest BCUT2D eigenvalue weighted by Gasteiger charge is -2.13. The lowest BCUT2D eigenvalue weighted by molar-refractivity contribution is 0.0679. The molecular formula is C11H15BrN4O. The maximum Gasteiger partial charge on any atom is 0.160 e. The SMILES string of the molecule is CCOC(CN)Cc1nnc2ccc(Br)cn12. The average Bonchev–Trinajstić information content (AvgIpc) is 2.71. The highest BCUT2D eigenvalue weighted by Gasteiger charge is 2.12. The molecule has 0 aromatic carbocycles. The molecule has 92 valence electrons. The minimum atomic E-state index is -0.00798. The van der Waals surface area contributed by atoms with Crippen molar-refractivity contribution in [3.63, 3.8) is 0 Å². The molecule has 2 aromatic rings. The van der Waals surface area contributed by atoms with Gasteiger partial charge in [-0.15, -0.1) is 10.2 Å². The van der Waals surface area contributed by atoms with E-state index < -0.39 is 0 Å². The second kappa shape index (κ2) is 5.57. The van der Waals surface area contributed by atoms with Gasteiger partial charge in [0.15, 0.2) is 5.65 Å². The van der Waals surface area contributed by atoms with Gasteiger partial charge in [0.05, 0.1) is 6.10 Å². The van der Waals surface area contributed by atoms with E-state index in [1.54, 1.807) is 0 Å². The molecule has 2 N–H and O–H groups in total. The summed E-state index contributed by atoms with van der Waals surface area (Å²) in [5, 5.41) is 8.27. The molecule has 2 heterocycles. The van der Waals surface area contributed by atoms with Crippen LogP contribution in [0.25, 0.3) is 5.65 Å². The summed E-state index contributed by atoms with van der Waals surface area (Å²) >= 11 is 3.43. The van der Waals surface area contributed by atoms with Crippen LogP contribution < -0.4 is 5.73 Å². The van der Waals surface area contributed by atoms with Gasteiger partial charge in [0.2, 0.25) is 0 Å². The molecule has 1 unspecified atom stereocenters. The van der Waals surface area contributed by atoms with Gasteiger partial charge >= 0.3 is 0 Å². The van der Waals surface area contributed by atoms with Crippen molar-refractivity contribution in [3.05, 3.63) is 28.6 Å². The van der Waals surface area contributed by atoms with E-state index in [0.717, 1.165) is 15.9 Å². The van der Waals surface area contributed by atoms with E-state index >= 15 is 0 Å². The maximum absolute atomic E-state index is 5.66. The van der Waals surface area contributed by atoms with Gasteiger partial charge in [-0.05, 0) is 35.0 Å². The molecule has 0 aliphatic carbocycles. The Morgan fingerprint density at radius 3 is 3.00 bits per heavy atom. The Morgan fingerprint density at radius 2 is 2.29 bits per heavy atom. The van der Waals surface area contributed by atoms with Crippen LogP contribution in [0, 0.1) is 0 Å². The van der Waals surface area contributed by atoms with Crippen LogP contribution in [0.3, 0.4) is 0 Å². The molecular weight excluding hydrogens is 284 g/mol. The van der Waals surface area contributed by atoms with Crippen molar-refractivity contribution < 1.29 is 4.74 Å². The molecule has 0 bridgehead atoms. The van der Waals surface area contributed by atoms with Crippen LogP contribution >= 0.6 is 15.9 Å². The van der Waals surface area contributed by atoms with E-state index in [-0.39, 0.29) is 6.10 Å². The smallest absolute Gasteiger partial charge is 0.160 e. The van der Waals surface area contributed by atoms with Gasteiger partial charge in [0, 0.05) is 30.2 Å². The third kappa shape index (κ3) is 2.83. The van der Waals surface area contributed by atoms with Gasteiger partial charge in [-0.1, -0.05) is 0 Å². The predicted octanol–water partition coefficient (Wildman–Crippen LogP) is 1.40. The maximum atomic E-state index is 5.66. The van der Waals surface area contributed by atoms with Crippen molar-refractivity contribution in [2.45, 2.75) is 19.4 Å². The van der Waals surface area contributed by atoms with E-state index in [4.69, 9.17) is 10.5 Å². The lowest BCUT2D eigenvalue weighted by Crippen LogP contribution is -2.27. The van der Waals surface area contributed by atoms with Crippen LogP contribution in [-0.4, -0.2) is 33.9 Å². The number of fused-ring (bicyclic) bond motifs is 1. The van der Waals surface area contributed by atoms with E-state index in [1.165, 1.54) is 0 Å². The number of halogens is 1. The Labute approximate surface area is 108 Å². The first-order valence-corrected chi connectivity index (χ1v) is 6.34. The average molecular weight is 299 g/mol. The van der Waals surface area contributed by atoms with Gasteiger partial charge in [-0.2, -0.15) is 0 Å². The number of nitrogens with zero attached hydrogens (tertiary/aromatic N) is 3. The van der Waals surface area contributed by atoms with Gasteiger partial charge in [0.25, 0.3) is 0 Å². The second-order valence-electron chi connectivity index (χ2n) is 3.71. The molecule has 0 aliphatic heterocycles. The Balaban J connectivity index is 2.26. The molecule has 0 aliphatic rings. The third-order valence-corrected chi connectivity index (χ3v) is 2.98. The van der Waals surface area contributed by atoms with Crippen molar-refractivity contribution in [1.29, 1.82) is 0 Å². The third-order valence-electron chi connectivity index (χ3n) is 2.51. The van der Waals surface area contributed by atoms with Crippen molar-refractivity contribution in [1.82, 2.24) is 14.6 Å². The zero-order valence-corrected chi connectivity index (χ0v) is 11.2. The normalized spacial score (nSPS) is 13.1. The quantitative estimate of drug-likeness (QED) is 0.906. The second-order valence-corrected chi connectivity index (χ2v) is 4.62. The van der Waals surface area contributed by atoms with E-state index in [0.29, 0.717) is 19.6 Å². The number of nitrogens with two attached hydrogens (primary N) is 1. The highest BCUT2D eigenvalue weighted by atomic mass is 79.9. The first-order chi connectivity index (χ1) is 8.24. The molecule has 2 aromatic heterocycles. The molecule has 0 amide bonds. The van der Waals surface area contributed by atoms with Crippen LogP contribution in [0.1, 0.15) is 12.7 Å². The topological polar surface area (TPSA) is 65.4 Å². The summed E-state index contributed by atoms with van der Waals surface area (Å²) in [5.41, 5.74) is 6.49. The van der Waals surface area contributed by atoms with Crippen LogP contribution in [0.2, 0.25) is 0 Å². The van der Waals surface area contributed by atoms with Gasteiger partial charge in [-0.25, -0.2) is 0 Å². The summed E-state index contributed by atoms with van der Waals surface area (Å²) in [6, 6.07) is 3.86. The summed E-state index contributed by atoms with van der Waals surface area (Å²) < 4.78 is 8.47. The number of pyridine rings is 1. The summed E-state index contributed by atoms with van der Waals surface area (Å²) in [7, 11) is 0. The fourth-order valence-corrected chi connectivity index (χ4v) is 2.04. The van der Waals surface area contributed by atoms with Gasteiger partial charge < -0.3 is 10.5 Å². The van der Waals surface area contributed by atoms with E-state index in [2.05, 4.69) is 26.1 Å². The molecule has 17 heavy (non-hydrogen) atoms. The van der Waals surface area contributed by atoms with Gasteiger partial charge in [-0.3, -0.25) is 4.40 Å². The van der Waals surface area contributed by atoms with Gasteiger partial charge in [0.1, 0.15) is 5.82 Å². The van der Waals surface area contributed by atoms with Crippen LogP contribution in [0.4, 0.5) is 0 Å². The number of ether oxygens (including phenoxy) is 1. The fraction of sp³-hybridized carbons (Fsp3) is 0.455. The van der Waals surface area contributed by atoms with Crippen molar-refractivity contribution in [2.75, 3.05) is 13.2 Å². The van der Waals surface area contributed by atoms with E-state index in [9.17, 15) is 0 Å². The number of hydrogen-bond donors (Lipinski definition) is 1. The number of hydrogen-bond acceptors (Lipinski definition) is 4. The summed E-state index contributed by atoms with van der Waals surface area (Å²) in [6.07, 6.45) is 2.61. The van der Waals surface area contributed by atoms with Crippen molar-refractivity contribution in [2.24, 2.45) is 5.73 Å². The summed E-state index contributed by atoms with van der Waals surface area (Å²) in [6.45, 7) is 3.10. The predicted molar refractivity (Wildman–Crippen MR) is 68.9 cm³/mol. The standard InChI is InChI=1S/C11H15BrN4O/c1-2-17-9(6-13)5-11-15-14-10-4-3-8(12)7-16(10)11/h3-4,7,9H,2,5-6,13H2,1H3. The zero-order chi connectivity index (χ0) is 12.3. The van der Waals surface area contributed by atoms with Crippen molar-refractivity contribution in [3.8, 4) is 0 Å². The monoisotopic (exact) mass is 298 g/mol. The lowest BCUT2D eigenvalue weighted by atomic mass is 10.2. The molecule has 0 saturated heterocycles. The summed E-state index contributed by atoms with van der Waals surface area (Å²) in [5.74, 6) is 0.866. The Hall–Kier alpha value is -0.980. The number of aromatic nitrogens is 3. The molecule has 0 saturated carbocycles. The fourth-order valence-electron chi connectivity index (χ4n) is 1.70. The largest absolute Gasteiger partial charge is 0.377 e. The molecule has 1 atom stereocenters. The Kier molecular flexibility index (Phi) is 4.09. The first-order valence-electron chi connectivity index (χ1n) is 5.55. The molecule has 5 nitrogen and oxygen atoms in total. The van der Waals surface area contributed by atoms with Crippen LogP contribution in [0.5, 0.6) is 0 Å². The highest BCUT2D eigenvalue weighted by molar-refractivity contribution is 9.10. The molecule has 2 rings (SSSR count). The molecule has 6 heteroatoms. The first kappa shape index (κ1) is 12.5. The van der Waals surface area contributed by atoms with E-state index in [1.807, 2.05) is 29.7 Å². The highest BCUT2D eigenvalue weighted by Crippen LogP contribution is 2.13. The Morgan fingerprint density at radius 1 is 1.47 bits per heavy atom. The summed E-state index contributed by atoms with van der Waals surface area (Å²) in [4.78, 5) is 0. The number of rotatable bonds is 5. The molecule has 0 fully saturated rings. The molecule has 0 radical (unpaired) electrons. The minimum Gasteiger partial charge on any atom is -0.377 e. The Bertz CT molecular complexity index is 499.